The third-order valence-corrected chi connectivity index (χ3v) is 5.14. The van der Waals surface area contributed by atoms with E-state index in [-0.39, 0.29) is 28.0 Å². The predicted octanol–water partition coefficient (Wildman–Crippen LogP) is 0.0499. The second-order valence-corrected chi connectivity index (χ2v) is 7.13. The van der Waals surface area contributed by atoms with Gasteiger partial charge in [-0.05, 0) is 29.8 Å². The lowest BCUT2D eigenvalue weighted by Crippen LogP contribution is -2.60. The highest BCUT2D eigenvalue weighted by atomic mass is 16.7. The average molecular weight is 432 g/mol. The number of fused-ring (bicyclic) bond motifs is 1. The van der Waals surface area contributed by atoms with E-state index in [1.807, 2.05) is 0 Å². The molecule has 0 bridgehead atoms. The lowest BCUT2D eigenvalue weighted by atomic mass is 9.99. The maximum absolute atomic E-state index is 13.0. The van der Waals surface area contributed by atoms with Crippen LogP contribution in [-0.4, -0.2) is 68.0 Å². The predicted molar refractivity (Wildman–Crippen MR) is 106 cm³/mol. The van der Waals surface area contributed by atoms with Crippen LogP contribution in [0.2, 0.25) is 0 Å². The van der Waals surface area contributed by atoms with Gasteiger partial charge in [-0.3, -0.25) is 4.79 Å². The van der Waals surface area contributed by atoms with Crippen molar-refractivity contribution in [3.63, 3.8) is 0 Å². The summed E-state index contributed by atoms with van der Waals surface area (Å²) < 4.78 is 16.3. The molecule has 31 heavy (non-hydrogen) atoms. The van der Waals surface area contributed by atoms with Gasteiger partial charge in [0, 0.05) is 0 Å². The molecular formula is C21H20O10. The van der Waals surface area contributed by atoms with Gasteiger partial charge < -0.3 is 44.5 Å². The molecule has 4 rings (SSSR count). The van der Waals surface area contributed by atoms with Crippen LogP contribution in [-0.2, 0) is 4.74 Å². The van der Waals surface area contributed by atoms with Crippen LogP contribution in [0.15, 0.2) is 51.9 Å². The lowest BCUT2D eigenvalue weighted by molar-refractivity contribution is -0.277. The SMILES string of the molecule is O=c1c(-c2ccc(O)cc2)coc2c(O[C@@H]3OC(CO)[C@@H](O)C(O)C3O)c(O)ccc12. The van der Waals surface area contributed by atoms with E-state index in [0.29, 0.717) is 5.56 Å². The zero-order valence-corrected chi connectivity index (χ0v) is 16.0. The molecule has 10 heteroatoms. The first-order valence-electron chi connectivity index (χ1n) is 9.36. The Hall–Kier alpha value is -3.15. The summed E-state index contributed by atoms with van der Waals surface area (Å²) in [7, 11) is 0. The fraction of sp³-hybridized carbons (Fsp3) is 0.286. The Morgan fingerprint density at radius 1 is 0.935 bits per heavy atom. The van der Waals surface area contributed by atoms with E-state index in [2.05, 4.69) is 0 Å². The Labute approximate surface area is 174 Å². The second-order valence-electron chi connectivity index (χ2n) is 7.13. The zero-order valence-electron chi connectivity index (χ0n) is 16.0. The van der Waals surface area contributed by atoms with Gasteiger partial charge in [-0.15, -0.1) is 0 Å². The molecule has 0 amide bonds. The third kappa shape index (κ3) is 3.71. The topological polar surface area (TPSA) is 170 Å². The summed E-state index contributed by atoms with van der Waals surface area (Å²) in [6.45, 7) is -0.655. The van der Waals surface area contributed by atoms with Gasteiger partial charge in [-0.2, -0.15) is 0 Å². The molecule has 1 saturated heterocycles. The molecule has 164 valence electrons. The summed E-state index contributed by atoms with van der Waals surface area (Å²) in [5.41, 5.74) is 0.130. The highest BCUT2D eigenvalue weighted by Crippen LogP contribution is 2.37. The van der Waals surface area contributed by atoms with Crippen LogP contribution in [0.3, 0.4) is 0 Å². The molecule has 0 radical (unpaired) electrons. The molecule has 0 aliphatic carbocycles. The number of phenols is 2. The van der Waals surface area contributed by atoms with Gasteiger partial charge in [-0.25, -0.2) is 0 Å². The molecule has 10 nitrogen and oxygen atoms in total. The largest absolute Gasteiger partial charge is 0.508 e. The molecule has 3 unspecified atom stereocenters. The molecule has 1 fully saturated rings. The van der Waals surface area contributed by atoms with Gasteiger partial charge in [0.2, 0.25) is 17.5 Å². The minimum Gasteiger partial charge on any atom is -0.508 e. The van der Waals surface area contributed by atoms with Crippen molar-refractivity contribution in [1.29, 1.82) is 0 Å². The minimum absolute atomic E-state index is 0.0362. The van der Waals surface area contributed by atoms with Gasteiger partial charge in [0.1, 0.15) is 36.4 Å². The van der Waals surface area contributed by atoms with E-state index in [4.69, 9.17) is 13.9 Å². The number of ether oxygens (including phenoxy) is 2. The van der Waals surface area contributed by atoms with Gasteiger partial charge in [0.25, 0.3) is 0 Å². The summed E-state index contributed by atoms with van der Waals surface area (Å²) in [6, 6.07) is 8.45. The van der Waals surface area contributed by atoms with Crippen molar-refractivity contribution in [2.24, 2.45) is 0 Å². The molecular weight excluding hydrogens is 412 g/mol. The van der Waals surface area contributed by atoms with Crippen LogP contribution in [0.4, 0.5) is 0 Å². The Balaban J connectivity index is 1.75. The first kappa shape index (κ1) is 21.1. The van der Waals surface area contributed by atoms with E-state index in [1.54, 1.807) is 12.1 Å². The standard InChI is InChI=1S/C21H20O10/c22-7-14-16(26)17(27)18(28)21(30-14)31-20-13(24)6-5-11-15(25)12(8-29-19(11)20)9-1-3-10(23)4-2-9/h1-6,8,14,16-18,21-24,26-28H,7H2/t14?,16-,17?,18?,21+/m1/s1. The lowest BCUT2D eigenvalue weighted by Gasteiger charge is -2.39. The molecule has 1 aliphatic heterocycles. The molecule has 1 aromatic heterocycles. The highest BCUT2D eigenvalue weighted by Gasteiger charge is 2.45. The summed E-state index contributed by atoms with van der Waals surface area (Å²) in [4.78, 5) is 13.0. The quantitative estimate of drug-likeness (QED) is 0.331. The number of aliphatic hydroxyl groups excluding tert-OH is 4. The first-order chi connectivity index (χ1) is 14.8. The van der Waals surface area contributed by atoms with E-state index < -0.39 is 48.5 Å². The summed E-state index contributed by atoms with van der Waals surface area (Å²) in [5, 5.41) is 59.1. The fourth-order valence-electron chi connectivity index (χ4n) is 3.40. The number of rotatable bonds is 4. The average Bonchev–Trinajstić information content (AvgIpc) is 2.76. The van der Waals surface area contributed by atoms with Crippen molar-refractivity contribution in [3.05, 3.63) is 52.9 Å². The zero-order chi connectivity index (χ0) is 22.3. The number of benzene rings is 2. The van der Waals surface area contributed by atoms with E-state index in [9.17, 15) is 35.4 Å². The van der Waals surface area contributed by atoms with Crippen molar-refractivity contribution in [3.8, 4) is 28.4 Å². The maximum Gasteiger partial charge on any atom is 0.229 e. The Bertz CT molecular complexity index is 1140. The Morgan fingerprint density at radius 2 is 1.65 bits per heavy atom. The second kappa shape index (κ2) is 8.17. The molecule has 3 aromatic rings. The molecule has 5 atom stereocenters. The molecule has 2 aromatic carbocycles. The fourth-order valence-corrected chi connectivity index (χ4v) is 3.40. The van der Waals surface area contributed by atoms with Gasteiger partial charge in [0.05, 0.1) is 17.6 Å². The highest BCUT2D eigenvalue weighted by molar-refractivity contribution is 5.88. The third-order valence-electron chi connectivity index (χ3n) is 5.14. The molecule has 1 aliphatic rings. The number of phenolic OH excluding ortho intramolecular Hbond substituents is 2. The van der Waals surface area contributed by atoms with Gasteiger partial charge in [-0.1, -0.05) is 12.1 Å². The van der Waals surface area contributed by atoms with Crippen LogP contribution >= 0.6 is 0 Å². The summed E-state index contributed by atoms with van der Waals surface area (Å²) in [5.74, 6) is -0.713. The van der Waals surface area contributed by atoms with Crippen molar-refractivity contribution >= 4 is 11.0 Å². The van der Waals surface area contributed by atoms with E-state index in [1.165, 1.54) is 24.3 Å². The smallest absolute Gasteiger partial charge is 0.229 e. The summed E-state index contributed by atoms with van der Waals surface area (Å²) >= 11 is 0. The Kier molecular flexibility index (Phi) is 5.56. The number of aromatic hydroxyl groups is 2. The minimum atomic E-state index is -1.71. The van der Waals surface area contributed by atoms with Crippen molar-refractivity contribution < 1.29 is 44.5 Å². The normalized spacial score (nSPS) is 26.1. The van der Waals surface area contributed by atoms with Crippen LogP contribution in [0, 0.1) is 0 Å². The van der Waals surface area contributed by atoms with E-state index >= 15 is 0 Å². The molecule has 0 spiro atoms. The molecule has 6 N–H and O–H groups in total. The van der Waals surface area contributed by atoms with Crippen LogP contribution in [0.1, 0.15) is 0 Å². The van der Waals surface area contributed by atoms with Crippen LogP contribution in [0.5, 0.6) is 17.2 Å². The molecule has 0 saturated carbocycles. The van der Waals surface area contributed by atoms with Crippen LogP contribution < -0.4 is 10.2 Å². The van der Waals surface area contributed by atoms with Gasteiger partial charge in [0.15, 0.2) is 11.3 Å². The maximum atomic E-state index is 13.0. The van der Waals surface area contributed by atoms with Crippen molar-refractivity contribution in [1.82, 2.24) is 0 Å². The van der Waals surface area contributed by atoms with Crippen molar-refractivity contribution in [2.45, 2.75) is 30.7 Å². The monoisotopic (exact) mass is 432 g/mol. The first-order valence-corrected chi connectivity index (χ1v) is 9.36. The van der Waals surface area contributed by atoms with E-state index in [0.717, 1.165) is 6.26 Å². The number of hydrogen-bond acceptors (Lipinski definition) is 10. The van der Waals surface area contributed by atoms with Crippen LogP contribution in [0.25, 0.3) is 22.1 Å². The number of aliphatic hydroxyl groups is 4. The van der Waals surface area contributed by atoms with Crippen molar-refractivity contribution in [2.75, 3.05) is 6.61 Å². The Morgan fingerprint density at radius 3 is 2.32 bits per heavy atom. The number of hydrogen-bond donors (Lipinski definition) is 6. The van der Waals surface area contributed by atoms with Gasteiger partial charge >= 0.3 is 0 Å². The molecule has 2 heterocycles. The summed E-state index contributed by atoms with van der Waals surface area (Å²) in [6.07, 6.45) is -6.59.